The molecule has 4 heteroatoms. The van der Waals surface area contributed by atoms with Crippen LogP contribution in [0.4, 0.5) is 0 Å². The zero-order valence-electron chi connectivity index (χ0n) is 12.0. The Morgan fingerprint density at radius 2 is 2.05 bits per heavy atom. The highest BCUT2D eigenvalue weighted by Gasteiger charge is 2.80. The van der Waals surface area contributed by atoms with Crippen LogP contribution in [0, 0.1) is 23.2 Å². The average molecular weight is 268 g/mol. The van der Waals surface area contributed by atoms with Gasteiger partial charge in [0.1, 0.15) is 6.10 Å². The molecule has 1 saturated carbocycles. The third-order valence-electron chi connectivity index (χ3n) is 6.35. The Bertz CT molecular complexity index is 396. The first-order chi connectivity index (χ1) is 9.09. The molecule has 0 amide bonds. The third-order valence-corrected chi connectivity index (χ3v) is 6.35. The highest BCUT2D eigenvalue weighted by molar-refractivity contribution is 5.19. The lowest BCUT2D eigenvalue weighted by atomic mass is 9.55. The summed E-state index contributed by atoms with van der Waals surface area (Å²) in [6, 6.07) is 0. The molecule has 1 N–H and O–H groups in total. The van der Waals surface area contributed by atoms with Gasteiger partial charge >= 0.3 is 0 Å². The second kappa shape index (κ2) is 3.73. The summed E-state index contributed by atoms with van der Waals surface area (Å²) in [7, 11) is 0. The highest BCUT2D eigenvalue weighted by atomic mass is 16.8. The molecular weight excluding hydrogens is 244 g/mol. The zero-order valence-corrected chi connectivity index (χ0v) is 12.0. The molecule has 19 heavy (non-hydrogen) atoms. The van der Waals surface area contributed by atoms with Gasteiger partial charge in [-0.1, -0.05) is 13.8 Å². The van der Waals surface area contributed by atoms with Crippen LogP contribution in [0.1, 0.15) is 40.0 Å². The van der Waals surface area contributed by atoms with E-state index in [1.165, 1.54) is 0 Å². The Labute approximate surface area is 114 Å². The Hall–Kier alpha value is -0.160. The molecule has 0 aromatic rings. The number of ether oxygens (including phenoxy) is 3. The predicted octanol–water partition coefficient (Wildman–Crippen LogP) is 1.91. The fourth-order valence-electron chi connectivity index (χ4n) is 5.58. The van der Waals surface area contributed by atoms with Gasteiger partial charge in [0, 0.05) is 11.8 Å². The van der Waals surface area contributed by atoms with Crippen LogP contribution in [0.2, 0.25) is 0 Å². The molecule has 3 heterocycles. The van der Waals surface area contributed by atoms with Crippen LogP contribution in [0.3, 0.4) is 0 Å². The number of hydrogen-bond donors (Lipinski definition) is 1. The molecule has 4 rings (SSSR count). The minimum absolute atomic E-state index is 0.0292. The van der Waals surface area contributed by atoms with E-state index in [0.717, 1.165) is 19.3 Å². The van der Waals surface area contributed by atoms with E-state index in [0.29, 0.717) is 11.8 Å². The molecule has 3 aliphatic heterocycles. The lowest BCUT2D eigenvalue weighted by Gasteiger charge is -2.54. The van der Waals surface area contributed by atoms with Crippen molar-refractivity contribution in [2.45, 2.75) is 64.3 Å². The van der Waals surface area contributed by atoms with Gasteiger partial charge < -0.3 is 19.3 Å². The van der Waals surface area contributed by atoms with E-state index in [-0.39, 0.29) is 36.4 Å². The molecule has 1 spiro atoms. The summed E-state index contributed by atoms with van der Waals surface area (Å²) >= 11 is 0. The van der Waals surface area contributed by atoms with Gasteiger partial charge in [-0.25, -0.2) is 0 Å². The monoisotopic (exact) mass is 268 g/mol. The van der Waals surface area contributed by atoms with Crippen LogP contribution >= 0.6 is 0 Å². The van der Waals surface area contributed by atoms with Crippen molar-refractivity contribution in [2.24, 2.45) is 23.2 Å². The van der Waals surface area contributed by atoms with E-state index >= 15 is 0 Å². The summed E-state index contributed by atoms with van der Waals surface area (Å²) in [5, 5.41) is 10.2. The van der Waals surface area contributed by atoms with Crippen LogP contribution in [-0.2, 0) is 14.2 Å². The van der Waals surface area contributed by atoms with E-state index in [4.69, 9.17) is 14.2 Å². The maximum absolute atomic E-state index is 10.2. The van der Waals surface area contributed by atoms with Gasteiger partial charge in [0.05, 0.1) is 18.1 Å². The van der Waals surface area contributed by atoms with Gasteiger partial charge in [0.15, 0.2) is 12.1 Å². The predicted molar refractivity (Wildman–Crippen MR) is 68.2 cm³/mol. The maximum Gasteiger partial charge on any atom is 0.187 e. The van der Waals surface area contributed by atoms with Crippen molar-refractivity contribution in [3.8, 4) is 0 Å². The van der Waals surface area contributed by atoms with E-state index in [1.54, 1.807) is 0 Å². The lowest BCUT2D eigenvalue weighted by molar-refractivity contribution is -0.305. The Balaban J connectivity index is 1.85. The smallest absolute Gasteiger partial charge is 0.187 e. The van der Waals surface area contributed by atoms with E-state index in [9.17, 15) is 5.11 Å². The second-order valence-electron chi connectivity index (χ2n) is 6.95. The van der Waals surface area contributed by atoms with Gasteiger partial charge in [0.2, 0.25) is 0 Å². The number of aliphatic hydroxyl groups excluding tert-OH is 1. The molecule has 0 aromatic carbocycles. The van der Waals surface area contributed by atoms with Crippen LogP contribution < -0.4 is 0 Å². The molecule has 0 radical (unpaired) electrons. The minimum Gasteiger partial charge on any atom is -0.396 e. The Morgan fingerprint density at radius 3 is 2.74 bits per heavy atom. The van der Waals surface area contributed by atoms with Crippen LogP contribution in [0.15, 0.2) is 0 Å². The van der Waals surface area contributed by atoms with Gasteiger partial charge in [-0.3, -0.25) is 0 Å². The average Bonchev–Trinajstić information content (AvgIpc) is 2.94. The normalized spacial score (nSPS) is 62.5. The molecular formula is C15H24O4. The Kier molecular flexibility index (Phi) is 2.47. The molecule has 108 valence electrons. The largest absolute Gasteiger partial charge is 0.396 e. The minimum atomic E-state index is -0.598. The maximum atomic E-state index is 10.2. The second-order valence-corrected chi connectivity index (χ2v) is 6.95. The molecule has 1 aliphatic carbocycles. The van der Waals surface area contributed by atoms with Crippen LogP contribution in [-0.4, -0.2) is 36.0 Å². The van der Waals surface area contributed by atoms with Crippen molar-refractivity contribution < 1.29 is 19.3 Å². The van der Waals surface area contributed by atoms with Crippen molar-refractivity contribution in [2.75, 3.05) is 6.61 Å². The van der Waals surface area contributed by atoms with Crippen molar-refractivity contribution in [1.82, 2.24) is 0 Å². The Morgan fingerprint density at radius 1 is 1.26 bits per heavy atom. The molecule has 4 aliphatic rings. The fraction of sp³-hybridized carbons (Fsp3) is 1.00. The lowest BCUT2D eigenvalue weighted by Crippen LogP contribution is -2.62. The number of rotatable bonds is 2. The topological polar surface area (TPSA) is 47.9 Å². The number of fused-ring (bicyclic) bond motifs is 1. The van der Waals surface area contributed by atoms with E-state index < -0.39 is 5.79 Å². The fourth-order valence-corrected chi connectivity index (χ4v) is 5.58. The number of aliphatic hydroxyl groups is 1. The SMILES string of the molecule is CC[C@@H]1[C@@H](C)CC[C@]2(CO)[C@@H]3[C@@H]4O[C@]12O[C@@H]4O[C@H]3C. The summed E-state index contributed by atoms with van der Waals surface area (Å²) in [5.41, 5.74) is -0.253. The molecule has 2 bridgehead atoms. The molecule has 4 fully saturated rings. The molecule has 0 aromatic heterocycles. The van der Waals surface area contributed by atoms with Gasteiger partial charge in [-0.15, -0.1) is 0 Å². The van der Waals surface area contributed by atoms with E-state index in [1.807, 2.05) is 0 Å². The molecule has 3 saturated heterocycles. The number of hydrogen-bond acceptors (Lipinski definition) is 4. The summed E-state index contributed by atoms with van der Waals surface area (Å²) in [6.07, 6.45) is 3.11. The van der Waals surface area contributed by atoms with E-state index in [2.05, 4.69) is 20.8 Å². The van der Waals surface area contributed by atoms with Crippen molar-refractivity contribution in [3.63, 3.8) is 0 Å². The zero-order chi connectivity index (χ0) is 13.4. The summed E-state index contributed by atoms with van der Waals surface area (Å²) < 4.78 is 18.6. The first-order valence-corrected chi connectivity index (χ1v) is 7.71. The van der Waals surface area contributed by atoms with Gasteiger partial charge in [-0.05, 0) is 32.1 Å². The van der Waals surface area contributed by atoms with Crippen LogP contribution in [0.25, 0.3) is 0 Å². The first kappa shape index (κ1) is 12.6. The summed E-state index contributed by atoms with van der Waals surface area (Å²) in [4.78, 5) is 0. The standard InChI is InChI=1S/C15H24O4/c1-4-10-8(2)5-6-14(7-16)11-9(3)17-13-12(11)18-15(10,14)19-13/h8-13,16H,4-7H2,1-3H3/t8-,9-,10+,11-,12-,13-,14-,15-/m0/s1. The van der Waals surface area contributed by atoms with Crippen LogP contribution in [0.5, 0.6) is 0 Å². The summed E-state index contributed by atoms with van der Waals surface area (Å²) in [5.74, 6) is 0.632. The summed E-state index contributed by atoms with van der Waals surface area (Å²) in [6.45, 7) is 6.74. The van der Waals surface area contributed by atoms with Crippen molar-refractivity contribution >= 4 is 0 Å². The first-order valence-electron chi connectivity index (χ1n) is 7.71. The molecule has 4 nitrogen and oxygen atoms in total. The third kappa shape index (κ3) is 1.17. The quantitative estimate of drug-likeness (QED) is 0.831. The molecule has 0 unspecified atom stereocenters. The van der Waals surface area contributed by atoms with Crippen molar-refractivity contribution in [1.29, 1.82) is 0 Å². The van der Waals surface area contributed by atoms with Gasteiger partial charge in [-0.2, -0.15) is 0 Å². The van der Waals surface area contributed by atoms with Crippen molar-refractivity contribution in [3.05, 3.63) is 0 Å². The highest BCUT2D eigenvalue weighted by Crippen LogP contribution is 2.70. The van der Waals surface area contributed by atoms with Gasteiger partial charge in [0.25, 0.3) is 0 Å². The molecule has 8 atom stereocenters.